The first-order valence-corrected chi connectivity index (χ1v) is 11.0. The lowest BCUT2D eigenvalue weighted by Crippen LogP contribution is -2.45. The maximum Gasteiger partial charge on any atom is 0.251 e. The van der Waals surface area contributed by atoms with Crippen LogP contribution in [-0.2, 0) is 11.2 Å². The number of nitrogens with one attached hydrogen (secondary N) is 1. The Bertz CT molecular complexity index is 1280. The van der Waals surface area contributed by atoms with Gasteiger partial charge in [0.25, 0.3) is 5.91 Å². The van der Waals surface area contributed by atoms with Gasteiger partial charge in [-0.2, -0.15) is 0 Å². The van der Waals surface area contributed by atoms with Crippen molar-refractivity contribution in [2.75, 3.05) is 0 Å². The Morgan fingerprint density at radius 2 is 1.12 bits per heavy atom. The number of ketones is 1. The van der Waals surface area contributed by atoms with Crippen molar-refractivity contribution >= 4 is 17.6 Å². The summed E-state index contributed by atoms with van der Waals surface area (Å²) in [5.74, 6) is -1.08. The van der Waals surface area contributed by atoms with Crippen LogP contribution in [0.25, 0.3) is 11.1 Å². The monoisotopic (exact) mass is 448 g/mol. The van der Waals surface area contributed by atoms with Crippen molar-refractivity contribution in [1.29, 1.82) is 0 Å². The molecule has 3 N–H and O–H groups in total. The minimum absolute atomic E-state index is 0.0779. The Hall–Kier alpha value is -4.51. The number of nitrogens with two attached hydrogens (primary N) is 1. The van der Waals surface area contributed by atoms with Crippen molar-refractivity contribution in [2.24, 2.45) is 5.73 Å². The summed E-state index contributed by atoms with van der Waals surface area (Å²) in [6.45, 7) is 0. The summed E-state index contributed by atoms with van der Waals surface area (Å²) in [7, 11) is 0. The molecule has 0 heterocycles. The molecule has 5 heteroatoms. The van der Waals surface area contributed by atoms with Crippen LogP contribution >= 0.6 is 0 Å². The van der Waals surface area contributed by atoms with Crippen molar-refractivity contribution < 1.29 is 14.4 Å². The molecular weight excluding hydrogens is 424 g/mol. The first kappa shape index (κ1) is 22.7. The topological polar surface area (TPSA) is 89.3 Å². The second kappa shape index (κ2) is 10.4. The van der Waals surface area contributed by atoms with Crippen molar-refractivity contribution in [3.05, 3.63) is 131 Å². The van der Waals surface area contributed by atoms with E-state index in [2.05, 4.69) is 5.32 Å². The number of amides is 2. The molecule has 1 atom stereocenters. The highest BCUT2D eigenvalue weighted by molar-refractivity contribution is 6.09. The van der Waals surface area contributed by atoms with Crippen molar-refractivity contribution in [3.63, 3.8) is 0 Å². The molecule has 0 aliphatic carbocycles. The molecule has 0 aliphatic rings. The predicted octanol–water partition coefficient (Wildman–Crippen LogP) is 4.41. The normalized spacial score (nSPS) is 11.4. The zero-order valence-corrected chi connectivity index (χ0v) is 18.5. The summed E-state index contributed by atoms with van der Waals surface area (Å²) in [5.41, 5.74) is 9.99. The fourth-order valence-electron chi connectivity index (χ4n) is 3.69. The van der Waals surface area contributed by atoms with E-state index in [1.165, 1.54) is 0 Å². The summed E-state index contributed by atoms with van der Waals surface area (Å²) in [6.07, 6.45) is 0.225. The first-order valence-electron chi connectivity index (χ1n) is 11.0. The number of primary amides is 1. The average Bonchev–Trinajstić information content (AvgIpc) is 2.89. The summed E-state index contributed by atoms with van der Waals surface area (Å²) in [5, 5.41) is 2.72. The molecule has 0 spiro atoms. The third kappa shape index (κ3) is 5.45. The highest BCUT2D eigenvalue weighted by Gasteiger charge is 2.20. The van der Waals surface area contributed by atoms with E-state index >= 15 is 0 Å². The Kier molecular flexibility index (Phi) is 6.94. The van der Waals surface area contributed by atoms with Gasteiger partial charge in [-0.25, -0.2) is 0 Å². The first-order chi connectivity index (χ1) is 16.5. The van der Waals surface area contributed by atoms with Gasteiger partial charge in [0, 0.05) is 23.1 Å². The summed E-state index contributed by atoms with van der Waals surface area (Å²) < 4.78 is 0. The third-order valence-corrected chi connectivity index (χ3v) is 5.59. The van der Waals surface area contributed by atoms with Crippen LogP contribution in [0.4, 0.5) is 0 Å². The van der Waals surface area contributed by atoms with Gasteiger partial charge < -0.3 is 11.1 Å². The summed E-state index contributed by atoms with van der Waals surface area (Å²) in [4.78, 5) is 37.3. The minimum Gasteiger partial charge on any atom is -0.368 e. The lowest BCUT2D eigenvalue weighted by molar-refractivity contribution is -0.119. The van der Waals surface area contributed by atoms with Crippen LogP contribution < -0.4 is 11.1 Å². The highest BCUT2D eigenvalue weighted by Crippen LogP contribution is 2.19. The van der Waals surface area contributed by atoms with Gasteiger partial charge in [0.1, 0.15) is 6.04 Å². The van der Waals surface area contributed by atoms with Crippen LogP contribution in [0.5, 0.6) is 0 Å². The molecule has 0 bridgehead atoms. The molecule has 2 amide bonds. The quantitative estimate of drug-likeness (QED) is 0.391. The minimum atomic E-state index is -0.878. The van der Waals surface area contributed by atoms with E-state index in [1.54, 1.807) is 48.5 Å². The van der Waals surface area contributed by atoms with Gasteiger partial charge in [-0.3, -0.25) is 14.4 Å². The number of hydrogen-bond donors (Lipinski definition) is 2. The van der Waals surface area contributed by atoms with E-state index in [4.69, 9.17) is 5.73 Å². The van der Waals surface area contributed by atoms with Crippen molar-refractivity contribution in [1.82, 2.24) is 5.32 Å². The molecule has 4 aromatic carbocycles. The number of rotatable bonds is 8. The molecule has 4 rings (SSSR count). The average molecular weight is 449 g/mol. The van der Waals surface area contributed by atoms with Crippen LogP contribution in [0.2, 0.25) is 0 Å². The maximum absolute atomic E-state index is 12.7. The molecule has 0 unspecified atom stereocenters. The van der Waals surface area contributed by atoms with E-state index in [0.29, 0.717) is 16.7 Å². The molecule has 168 valence electrons. The van der Waals surface area contributed by atoms with Gasteiger partial charge in [-0.05, 0) is 28.8 Å². The molecule has 0 aliphatic heterocycles. The Morgan fingerprint density at radius 1 is 0.618 bits per heavy atom. The number of carbonyl (C=O) groups excluding carboxylic acids is 3. The Morgan fingerprint density at radius 3 is 1.71 bits per heavy atom. The molecule has 4 aromatic rings. The zero-order valence-electron chi connectivity index (χ0n) is 18.5. The molecular formula is C29H24N2O3. The zero-order chi connectivity index (χ0) is 23.9. The van der Waals surface area contributed by atoms with Crippen LogP contribution in [0.1, 0.15) is 31.8 Å². The maximum atomic E-state index is 12.7. The molecule has 0 radical (unpaired) electrons. The van der Waals surface area contributed by atoms with E-state index in [9.17, 15) is 14.4 Å². The highest BCUT2D eigenvalue weighted by atomic mass is 16.2. The van der Waals surface area contributed by atoms with Gasteiger partial charge in [-0.15, -0.1) is 0 Å². The molecule has 34 heavy (non-hydrogen) atoms. The molecule has 0 fully saturated rings. The van der Waals surface area contributed by atoms with Gasteiger partial charge >= 0.3 is 0 Å². The molecule has 0 saturated carbocycles. The Labute approximate surface area is 198 Å². The molecule has 0 aromatic heterocycles. The van der Waals surface area contributed by atoms with E-state index in [1.807, 2.05) is 60.7 Å². The molecule has 5 nitrogen and oxygen atoms in total. The third-order valence-electron chi connectivity index (χ3n) is 5.59. The number of benzene rings is 4. The van der Waals surface area contributed by atoms with Gasteiger partial charge in [-0.1, -0.05) is 97.1 Å². The van der Waals surface area contributed by atoms with Crippen LogP contribution in [-0.4, -0.2) is 23.6 Å². The van der Waals surface area contributed by atoms with Crippen LogP contribution in [0, 0.1) is 0 Å². The second-order valence-corrected chi connectivity index (χ2v) is 7.97. The second-order valence-electron chi connectivity index (χ2n) is 7.97. The largest absolute Gasteiger partial charge is 0.368 e. The van der Waals surface area contributed by atoms with Gasteiger partial charge in [0.05, 0.1) is 0 Å². The molecule has 0 saturated heterocycles. The summed E-state index contributed by atoms with van der Waals surface area (Å²) >= 11 is 0. The van der Waals surface area contributed by atoms with E-state index < -0.39 is 11.9 Å². The van der Waals surface area contributed by atoms with Crippen LogP contribution in [0.15, 0.2) is 109 Å². The van der Waals surface area contributed by atoms with E-state index in [0.717, 1.165) is 16.7 Å². The SMILES string of the molecule is NC(=O)[C@@H](Cc1ccc(C(=O)c2ccccc2)cc1)NC(=O)c1ccc(-c2ccccc2)cc1. The van der Waals surface area contributed by atoms with Crippen molar-refractivity contribution in [2.45, 2.75) is 12.5 Å². The fraction of sp³-hybridized carbons (Fsp3) is 0.0690. The van der Waals surface area contributed by atoms with E-state index in [-0.39, 0.29) is 18.1 Å². The number of carbonyl (C=O) groups is 3. The van der Waals surface area contributed by atoms with Gasteiger partial charge in [0.15, 0.2) is 5.78 Å². The fourth-order valence-corrected chi connectivity index (χ4v) is 3.69. The Balaban J connectivity index is 1.42. The van der Waals surface area contributed by atoms with Crippen molar-refractivity contribution in [3.8, 4) is 11.1 Å². The lowest BCUT2D eigenvalue weighted by Gasteiger charge is -2.16. The van der Waals surface area contributed by atoms with Gasteiger partial charge in [0.2, 0.25) is 5.91 Å². The number of hydrogen-bond acceptors (Lipinski definition) is 3. The standard InChI is InChI=1S/C29H24N2O3/c30-28(33)26(19-20-11-13-24(14-12-20)27(32)23-9-5-2-6-10-23)31-29(34)25-17-15-22(16-18-25)21-7-3-1-4-8-21/h1-18,26H,19H2,(H2,30,33)(H,31,34)/t26-/m1/s1. The summed E-state index contributed by atoms with van der Waals surface area (Å²) in [6, 6.07) is 32.1. The smallest absolute Gasteiger partial charge is 0.251 e. The lowest BCUT2D eigenvalue weighted by atomic mass is 9.99. The predicted molar refractivity (Wildman–Crippen MR) is 132 cm³/mol. The van der Waals surface area contributed by atoms with Crippen LogP contribution in [0.3, 0.4) is 0 Å².